The van der Waals surface area contributed by atoms with Gasteiger partial charge in [0.05, 0.1) is 11.4 Å². The molecule has 5 heteroatoms. The van der Waals surface area contributed by atoms with E-state index in [2.05, 4.69) is 16.6 Å². The zero-order valence-electron chi connectivity index (χ0n) is 9.03. The first-order valence-electron chi connectivity index (χ1n) is 4.89. The number of nitrogens with two attached hydrogens (primary N) is 1. The monoisotopic (exact) mass is 238 g/mol. The van der Waals surface area contributed by atoms with Gasteiger partial charge < -0.3 is 5.73 Å². The van der Waals surface area contributed by atoms with Crippen LogP contribution in [0.15, 0.2) is 29.2 Å². The van der Waals surface area contributed by atoms with Gasteiger partial charge in [0, 0.05) is 12.1 Å². The van der Waals surface area contributed by atoms with Crippen molar-refractivity contribution in [2.24, 2.45) is 5.73 Å². The molecule has 0 radical (unpaired) electrons. The van der Waals surface area contributed by atoms with Crippen LogP contribution in [0.4, 0.5) is 0 Å². The highest BCUT2D eigenvalue weighted by molar-refractivity contribution is 7.89. The van der Waals surface area contributed by atoms with Crippen molar-refractivity contribution in [3.8, 4) is 11.8 Å². The van der Waals surface area contributed by atoms with Crippen LogP contribution in [-0.2, 0) is 10.0 Å². The number of benzene rings is 1. The highest BCUT2D eigenvalue weighted by Crippen LogP contribution is 2.09. The summed E-state index contributed by atoms with van der Waals surface area (Å²) >= 11 is 0. The Morgan fingerprint density at radius 2 is 1.94 bits per heavy atom. The van der Waals surface area contributed by atoms with E-state index in [1.807, 2.05) is 0 Å². The molecule has 0 aliphatic rings. The predicted octanol–water partition coefficient (Wildman–Crippen LogP) is 0.295. The fraction of sp³-hybridized carbons (Fsp3) is 0.273. The van der Waals surface area contributed by atoms with E-state index in [0.29, 0.717) is 6.54 Å². The van der Waals surface area contributed by atoms with Crippen LogP contribution in [0.1, 0.15) is 12.5 Å². The van der Waals surface area contributed by atoms with Crippen molar-refractivity contribution in [3.05, 3.63) is 29.8 Å². The van der Waals surface area contributed by atoms with Gasteiger partial charge in [0.2, 0.25) is 10.0 Å². The summed E-state index contributed by atoms with van der Waals surface area (Å²) in [6.45, 7) is 2.40. The van der Waals surface area contributed by atoms with Crippen molar-refractivity contribution >= 4 is 10.0 Å². The molecule has 0 fully saturated rings. The van der Waals surface area contributed by atoms with Gasteiger partial charge >= 0.3 is 0 Å². The van der Waals surface area contributed by atoms with E-state index < -0.39 is 10.0 Å². The highest BCUT2D eigenvalue weighted by Gasteiger charge is 2.11. The molecule has 0 heterocycles. The first kappa shape index (κ1) is 12.7. The maximum Gasteiger partial charge on any atom is 0.240 e. The standard InChI is InChI=1S/C11H14N2O2S/c1-2-13-16(14,15)11-7-5-10(6-8-11)4-3-9-12/h5-8,13H,2,9,12H2,1H3. The third-order valence-electron chi connectivity index (χ3n) is 1.83. The van der Waals surface area contributed by atoms with Crippen LogP contribution in [0.5, 0.6) is 0 Å². The smallest absolute Gasteiger partial charge is 0.240 e. The van der Waals surface area contributed by atoms with Gasteiger partial charge in [-0.15, -0.1) is 0 Å². The lowest BCUT2D eigenvalue weighted by Crippen LogP contribution is -2.22. The minimum atomic E-state index is -3.37. The van der Waals surface area contributed by atoms with Crippen LogP contribution in [0.3, 0.4) is 0 Å². The Morgan fingerprint density at radius 3 is 2.44 bits per heavy atom. The Bertz CT molecular complexity index is 495. The SMILES string of the molecule is CCNS(=O)(=O)c1ccc(C#CCN)cc1. The minimum absolute atomic E-state index is 0.243. The van der Waals surface area contributed by atoms with Crippen LogP contribution in [0, 0.1) is 11.8 Å². The molecule has 0 amide bonds. The molecular weight excluding hydrogens is 224 g/mol. The molecule has 1 aromatic carbocycles. The van der Waals surface area contributed by atoms with Crippen LogP contribution in [0.25, 0.3) is 0 Å². The molecule has 0 aliphatic carbocycles. The Kier molecular flexibility index (Phi) is 4.50. The Morgan fingerprint density at radius 1 is 1.31 bits per heavy atom. The zero-order valence-corrected chi connectivity index (χ0v) is 9.84. The molecule has 0 bridgehead atoms. The van der Waals surface area contributed by atoms with Crippen LogP contribution in [-0.4, -0.2) is 21.5 Å². The molecule has 0 unspecified atom stereocenters. The van der Waals surface area contributed by atoms with Gasteiger partial charge in [-0.05, 0) is 24.3 Å². The second-order valence-electron chi connectivity index (χ2n) is 3.03. The van der Waals surface area contributed by atoms with Crippen molar-refractivity contribution < 1.29 is 8.42 Å². The Labute approximate surface area is 95.9 Å². The number of sulfonamides is 1. The first-order chi connectivity index (χ1) is 7.60. The zero-order chi connectivity index (χ0) is 12.0. The molecule has 0 spiro atoms. The average molecular weight is 238 g/mol. The van der Waals surface area contributed by atoms with Crippen LogP contribution >= 0.6 is 0 Å². The van der Waals surface area contributed by atoms with Crippen molar-refractivity contribution in [1.82, 2.24) is 4.72 Å². The summed E-state index contributed by atoms with van der Waals surface area (Å²) in [5.41, 5.74) is 5.99. The van der Waals surface area contributed by atoms with E-state index in [0.717, 1.165) is 5.56 Å². The number of nitrogens with one attached hydrogen (secondary N) is 1. The molecule has 16 heavy (non-hydrogen) atoms. The Hall–Kier alpha value is -1.35. The molecule has 0 saturated heterocycles. The van der Waals surface area contributed by atoms with Crippen molar-refractivity contribution in [2.75, 3.05) is 13.1 Å². The third-order valence-corrected chi connectivity index (χ3v) is 3.40. The first-order valence-corrected chi connectivity index (χ1v) is 6.37. The van der Waals surface area contributed by atoms with E-state index in [9.17, 15) is 8.42 Å². The number of hydrogen-bond acceptors (Lipinski definition) is 3. The van der Waals surface area contributed by atoms with E-state index in [1.54, 1.807) is 19.1 Å². The summed E-state index contributed by atoms with van der Waals surface area (Å²) in [4.78, 5) is 0.243. The summed E-state index contributed by atoms with van der Waals surface area (Å²) in [6.07, 6.45) is 0. The van der Waals surface area contributed by atoms with Gasteiger partial charge in [-0.3, -0.25) is 0 Å². The second-order valence-corrected chi connectivity index (χ2v) is 4.80. The summed E-state index contributed by atoms with van der Waals surface area (Å²) in [5, 5.41) is 0. The molecule has 0 atom stereocenters. The van der Waals surface area contributed by atoms with Crippen molar-refractivity contribution in [3.63, 3.8) is 0 Å². The van der Waals surface area contributed by atoms with Gasteiger partial charge in [-0.2, -0.15) is 0 Å². The maximum absolute atomic E-state index is 11.6. The van der Waals surface area contributed by atoms with E-state index in [-0.39, 0.29) is 11.4 Å². The average Bonchev–Trinajstić information content (AvgIpc) is 2.27. The molecular formula is C11H14N2O2S. The quantitative estimate of drug-likeness (QED) is 0.744. The predicted molar refractivity (Wildman–Crippen MR) is 63.2 cm³/mol. The van der Waals surface area contributed by atoms with Gasteiger partial charge in [0.15, 0.2) is 0 Å². The molecule has 0 aromatic heterocycles. The summed E-state index contributed by atoms with van der Waals surface area (Å²) in [6, 6.07) is 6.37. The third kappa shape index (κ3) is 3.35. The molecule has 1 rings (SSSR count). The molecule has 4 nitrogen and oxygen atoms in total. The molecule has 1 aromatic rings. The molecule has 0 aliphatic heterocycles. The van der Waals surface area contributed by atoms with Crippen LogP contribution in [0.2, 0.25) is 0 Å². The maximum atomic E-state index is 11.6. The molecule has 0 saturated carbocycles. The van der Waals surface area contributed by atoms with E-state index >= 15 is 0 Å². The van der Waals surface area contributed by atoms with E-state index in [4.69, 9.17) is 5.73 Å². The second kappa shape index (κ2) is 5.66. The lowest BCUT2D eigenvalue weighted by molar-refractivity contribution is 0.584. The van der Waals surface area contributed by atoms with Crippen molar-refractivity contribution in [1.29, 1.82) is 0 Å². The minimum Gasteiger partial charge on any atom is -0.320 e. The summed E-state index contributed by atoms with van der Waals surface area (Å²) in [5.74, 6) is 5.53. The molecule has 86 valence electrons. The van der Waals surface area contributed by atoms with Gasteiger partial charge in [-0.1, -0.05) is 18.8 Å². The van der Waals surface area contributed by atoms with Crippen LogP contribution < -0.4 is 10.5 Å². The van der Waals surface area contributed by atoms with E-state index in [1.165, 1.54) is 12.1 Å². The largest absolute Gasteiger partial charge is 0.320 e. The Balaban J connectivity index is 2.95. The van der Waals surface area contributed by atoms with Crippen molar-refractivity contribution in [2.45, 2.75) is 11.8 Å². The number of hydrogen-bond donors (Lipinski definition) is 2. The van der Waals surface area contributed by atoms with Gasteiger partial charge in [0.1, 0.15) is 0 Å². The summed E-state index contributed by atoms with van der Waals surface area (Å²) in [7, 11) is -3.37. The van der Waals surface area contributed by atoms with Gasteiger partial charge in [0.25, 0.3) is 0 Å². The lowest BCUT2D eigenvalue weighted by atomic mass is 10.2. The molecule has 3 N–H and O–H groups in total. The summed E-state index contributed by atoms with van der Waals surface area (Å²) < 4.78 is 25.6. The lowest BCUT2D eigenvalue weighted by Gasteiger charge is -2.03. The fourth-order valence-electron chi connectivity index (χ4n) is 1.14. The fourth-order valence-corrected chi connectivity index (χ4v) is 2.18. The topological polar surface area (TPSA) is 72.2 Å². The highest BCUT2D eigenvalue weighted by atomic mass is 32.2. The number of rotatable bonds is 3. The normalized spacial score (nSPS) is 10.6. The van der Waals surface area contributed by atoms with Gasteiger partial charge in [-0.25, -0.2) is 13.1 Å².